The molecule has 9 heteroatoms. The van der Waals surface area contributed by atoms with E-state index in [4.69, 9.17) is 23.7 Å². The lowest BCUT2D eigenvalue weighted by Gasteiger charge is -2.13. The van der Waals surface area contributed by atoms with E-state index < -0.39 is 11.3 Å². The molecule has 0 radical (unpaired) electrons. The first-order chi connectivity index (χ1) is 14.0. The van der Waals surface area contributed by atoms with E-state index in [1.807, 2.05) is 0 Å². The van der Waals surface area contributed by atoms with Gasteiger partial charge in [-0.05, 0) is 12.1 Å². The second-order valence-electron chi connectivity index (χ2n) is 5.88. The van der Waals surface area contributed by atoms with E-state index in [-0.39, 0.29) is 22.3 Å². The third kappa shape index (κ3) is 3.54. The molecule has 1 aromatic heterocycles. The van der Waals surface area contributed by atoms with E-state index in [9.17, 15) is 9.59 Å². The number of nitrogens with one attached hydrogen (secondary N) is 1. The van der Waals surface area contributed by atoms with E-state index in [1.165, 1.54) is 47.7 Å². The molecule has 1 N–H and O–H groups in total. The average Bonchev–Trinajstić information content (AvgIpc) is 2.76. The standard InChI is InChI=1S/C20H20N2O7/c1-25-11-8-12-16(13(9-11)26-2)20(24)22-19(21-12)17(23)10-6-14(27-3)18(29-5)15(7-10)28-4/h6-9H,1-5H3,(H,21,22,24). The Bertz CT molecular complexity index is 1110. The Hall–Kier alpha value is -3.75. The van der Waals surface area contributed by atoms with Crippen LogP contribution in [0.4, 0.5) is 0 Å². The van der Waals surface area contributed by atoms with Gasteiger partial charge in [-0.1, -0.05) is 0 Å². The van der Waals surface area contributed by atoms with Crippen molar-refractivity contribution in [1.82, 2.24) is 9.97 Å². The van der Waals surface area contributed by atoms with Crippen LogP contribution < -0.4 is 29.2 Å². The fraction of sp³-hybridized carbons (Fsp3) is 0.250. The number of nitrogens with zero attached hydrogens (tertiary/aromatic N) is 1. The van der Waals surface area contributed by atoms with Crippen LogP contribution in [-0.4, -0.2) is 51.3 Å². The molecular formula is C20H20N2O7. The predicted octanol–water partition coefficient (Wildman–Crippen LogP) is 2.20. The van der Waals surface area contributed by atoms with Gasteiger partial charge in [-0.15, -0.1) is 0 Å². The first kappa shape index (κ1) is 20.0. The molecule has 0 bridgehead atoms. The Morgan fingerprint density at radius 1 is 0.828 bits per heavy atom. The van der Waals surface area contributed by atoms with Gasteiger partial charge in [0.15, 0.2) is 17.3 Å². The topological polar surface area (TPSA) is 109 Å². The summed E-state index contributed by atoms with van der Waals surface area (Å²) in [4.78, 5) is 32.5. The summed E-state index contributed by atoms with van der Waals surface area (Å²) in [5, 5.41) is 0.217. The van der Waals surface area contributed by atoms with Crippen LogP contribution in [0.2, 0.25) is 0 Å². The minimum absolute atomic E-state index is 0.146. The summed E-state index contributed by atoms with van der Waals surface area (Å²) in [6.45, 7) is 0. The van der Waals surface area contributed by atoms with Crippen molar-refractivity contribution >= 4 is 16.7 Å². The van der Waals surface area contributed by atoms with Gasteiger partial charge >= 0.3 is 0 Å². The number of benzene rings is 2. The van der Waals surface area contributed by atoms with Crippen molar-refractivity contribution in [2.75, 3.05) is 35.5 Å². The zero-order valence-corrected chi connectivity index (χ0v) is 16.6. The van der Waals surface area contributed by atoms with Gasteiger partial charge in [0.2, 0.25) is 11.5 Å². The van der Waals surface area contributed by atoms with Crippen molar-refractivity contribution in [3.05, 3.63) is 46.0 Å². The third-order valence-corrected chi connectivity index (χ3v) is 4.34. The highest BCUT2D eigenvalue weighted by atomic mass is 16.5. The van der Waals surface area contributed by atoms with Gasteiger partial charge in [0.25, 0.3) is 5.56 Å². The van der Waals surface area contributed by atoms with Gasteiger partial charge in [0, 0.05) is 17.7 Å². The molecule has 0 unspecified atom stereocenters. The van der Waals surface area contributed by atoms with E-state index in [0.717, 1.165) is 0 Å². The van der Waals surface area contributed by atoms with Gasteiger partial charge < -0.3 is 28.7 Å². The maximum Gasteiger partial charge on any atom is 0.262 e. The number of carbonyl (C=O) groups is 1. The molecule has 0 saturated heterocycles. The number of rotatable bonds is 7. The maximum absolute atomic E-state index is 13.0. The fourth-order valence-electron chi connectivity index (χ4n) is 2.95. The third-order valence-electron chi connectivity index (χ3n) is 4.34. The van der Waals surface area contributed by atoms with E-state index in [2.05, 4.69) is 9.97 Å². The molecule has 152 valence electrons. The van der Waals surface area contributed by atoms with Crippen LogP contribution in [0.15, 0.2) is 29.1 Å². The molecule has 1 heterocycles. The molecule has 0 spiro atoms. The molecule has 29 heavy (non-hydrogen) atoms. The SMILES string of the molecule is COc1cc(OC)c2c(=O)[nH]c(C(=O)c3cc(OC)c(OC)c(OC)c3)nc2c1. The summed E-state index contributed by atoms with van der Waals surface area (Å²) in [7, 11) is 7.27. The lowest BCUT2D eigenvalue weighted by Crippen LogP contribution is -2.17. The highest BCUT2D eigenvalue weighted by Gasteiger charge is 2.21. The number of carbonyl (C=O) groups excluding carboxylic acids is 1. The average molecular weight is 400 g/mol. The zero-order chi connectivity index (χ0) is 21.1. The molecule has 0 amide bonds. The number of hydrogen-bond donors (Lipinski definition) is 1. The van der Waals surface area contributed by atoms with Crippen molar-refractivity contribution in [1.29, 1.82) is 0 Å². The summed E-state index contributed by atoms with van der Waals surface area (Å²) < 4.78 is 26.3. The van der Waals surface area contributed by atoms with Gasteiger partial charge in [-0.25, -0.2) is 4.98 Å². The number of ketones is 1. The number of H-pyrrole nitrogens is 1. The number of ether oxygens (including phenoxy) is 5. The first-order valence-electron chi connectivity index (χ1n) is 8.48. The van der Waals surface area contributed by atoms with Crippen molar-refractivity contribution in [2.45, 2.75) is 0 Å². The molecule has 0 aliphatic carbocycles. The largest absolute Gasteiger partial charge is 0.497 e. The van der Waals surface area contributed by atoms with Gasteiger partial charge in [-0.3, -0.25) is 9.59 Å². The summed E-state index contributed by atoms with van der Waals surface area (Å²) in [6, 6.07) is 6.10. The van der Waals surface area contributed by atoms with Gasteiger partial charge in [-0.2, -0.15) is 0 Å². The van der Waals surface area contributed by atoms with Gasteiger partial charge in [0.1, 0.15) is 16.9 Å². The van der Waals surface area contributed by atoms with Crippen LogP contribution in [-0.2, 0) is 0 Å². The molecule has 2 aromatic carbocycles. The second-order valence-corrected chi connectivity index (χ2v) is 5.88. The summed E-state index contributed by atoms with van der Waals surface area (Å²) in [6.07, 6.45) is 0. The Morgan fingerprint density at radius 2 is 1.45 bits per heavy atom. The summed E-state index contributed by atoms with van der Waals surface area (Å²) >= 11 is 0. The normalized spacial score (nSPS) is 10.5. The van der Waals surface area contributed by atoms with E-state index in [1.54, 1.807) is 12.1 Å². The van der Waals surface area contributed by atoms with Crippen LogP contribution >= 0.6 is 0 Å². The van der Waals surface area contributed by atoms with Crippen molar-refractivity contribution in [2.24, 2.45) is 0 Å². The number of fused-ring (bicyclic) bond motifs is 1. The molecular weight excluding hydrogens is 380 g/mol. The van der Waals surface area contributed by atoms with Crippen LogP contribution in [0.5, 0.6) is 28.7 Å². The smallest absolute Gasteiger partial charge is 0.262 e. The lowest BCUT2D eigenvalue weighted by atomic mass is 10.1. The Labute approximate surface area is 166 Å². The summed E-state index contributed by atoms with van der Waals surface area (Å²) in [5.74, 6) is 1.03. The highest BCUT2D eigenvalue weighted by molar-refractivity contribution is 6.08. The lowest BCUT2D eigenvalue weighted by molar-refractivity contribution is 0.102. The highest BCUT2D eigenvalue weighted by Crippen LogP contribution is 2.38. The zero-order valence-electron chi connectivity index (χ0n) is 16.6. The van der Waals surface area contributed by atoms with Crippen LogP contribution in [0.3, 0.4) is 0 Å². The Kier molecular flexibility index (Phi) is 5.58. The van der Waals surface area contributed by atoms with Crippen molar-refractivity contribution in [3.63, 3.8) is 0 Å². The molecule has 0 atom stereocenters. The monoisotopic (exact) mass is 400 g/mol. The second kappa shape index (κ2) is 8.09. The summed E-state index contributed by atoms with van der Waals surface area (Å²) in [5.41, 5.74) is -0.0390. The quantitative estimate of drug-likeness (QED) is 0.601. The molecule has 3 aromatic rings. The number of aromatic amines is 1. The van der Waals surface area contributed by atoms with Crippen molar-refractivity contribution in [3.8, 4) is 28.7 Å². The Morgan fingerprint density at radius 3 is 1.97 bits per heavy atom. The van der Waals surface area contributed by atoms with Crippen molar-refractivity contribution < 1.29 is 28.5 Å². The van der Waals surface area contributed by atoms with E-state index >= 15 is 0 Å². The first-order valence-corrected chi connectivity index (χ1v) is 8.48. The molecule has 0 fully saturated rings. The molecule has 3 rings (SSSR count). The maximum atomic E-state index is 13.0. The molecule has 0 aliphatic rings. The molecule has 0 aliphatic heterocycles. The minimum atomic E-state index is -0.523. The Balaban J connectivity index is 2.18. The number of aromatic nitrogens is 2. The number of hydrogen-bond acceptors (Lipinski definition) is 8. The van der Waals surface area contributed by atoms with E-state index in [0.29, 0.717) is 28.7 Å². The molecule has 0 saturated carbocycles. The van der Waals surface area contributed by atoms with Crippen LogP contribution in [0, 0.1) is 0 Å². The minimum Gasteiger partial charge on any atom is -0.497 e. The molecule has 9 nitrogen and oxygen atoms in total. The van der Waals surface area contributed by atoms with Gasteiger partial charge in [0.05, 0.1) is 41.1 Å². The van der Waals surface area contributed by atoms with Crippen LogP contribution in [0.1, 0.15) is 16.2 Å². The predicted molar refractivity (Wildman–Crippen MR) is 105 cm³/mol. The van der Waals surface area contributed by atoms with Crippen LogP contribution in [0.25, 0.3) is 10.9 Å². The number of methoxy groups -OCH3 is 5. The fourth-order valence-corrected chi connectivity index (χ4v) is 2.95.